The van der Waals surface area contributed by atoms with Crippen LogP contribution in [0.2, 0.25) is 13.1 Å². The third-order valence-electron chi connectivity index (χ3n) is 2.12. The number of halogens is 1. The molecule has 0 radical (unpaired) electrons. The molecule has 1 aromatic carbocycles. The van der Waals surface area contributed by atoms with Gasteiger partial charge in [-0.05, 0) is 12.5 Å². The van der Waals surface area contributed by atoms with Gasteiger partial charge < -0.3 is 0 Å². The van der Waals surface area contributed by atoms with E-state index in [1.807, 2.05) is 18.2 Å². The van der Waals surface area contributed by atoms with Crippen molar-refractivity contribution in [1.82, 2.24) is 0 Å². The van der Waals surface area contributed by atoms with Crippen molar-refractivity contribution in [3.05, 3.63) is 41.1 Å². The minimum atomic E-state index is -1.61. The van der Waals surface area contributed by atoms with Crippen molar-refractivity contribution >= 4 is 24.5 Å². The van der Waals surface area contributed by atoms with Gasteiger partial charge in [-0.2, -0.15) is 11.1 Å². The molecular weight excluding hydrogens is 196 g/mol. The maximum atomic E-state index is 6.30. The van der Waals surface area contributed by atoms with Gasteiger partial charge in [0.25, 0.3) is 0 Å². The van der Waals surface area contributed by atoms with Gasteiger partial charge in [-0.25, -0.2) is 0 Å². The standard InChI is InChI=1S/C11H15ClSi/c1-10(13(2,3)12)9-11-7-5-4-6-8-11/h4-9H,1-3H3. The van der Waals surface area contributed by atoms with Crippen LogP contribution in [-0.2, 0) is 0 Å². The van der Waals surface area contributed by atoms with Crippen LogP contribution in [0.25, 0.3) is 6.08 Å². The van der Waals surface area contributed by atoms with E-state index in [4.69, 9.17) is 11.1 Å². The molecule has 0 atom stereocenters. The summed E-state index contributed by atoms with van der Waals surface area (Å²) in [5, 5.41) is 1.32. The van der Waals surface area contributed by atoms with E-state index in [0.29, 0.717) is 0 Å². The summed E-state index contributed by atoms with van der Waals surface area (Å²) in [6, 6.07) is 10.3. The summed E-state index contributed by atoms with van der Waals surface area (Å²) in [5.41, 5.74) is 1.24. The summed E-state index contributed by atoms with van der Waals surface area (Å²) in [7, 11) is -1.61. The Kier molecular flexibility index (Phi) is 3.34. The van der Waals surface area contributed by atoms with Crippen molar-refractivity contribution in [2.45, 2.75) is 20.0 Å². The summed E-state index contributed by atoms with van der Waals surface area (Å²) >= 11 is 6.30. The molecule has 2 heteroatoms. The third-order valence-corrected chi connectivity index (χ3v) is 5.03. The van der Waals surface area contributed by atoms with E-state index in [0.717, 1.165) is 0 Å². The molecule has 13 heavy (non-hydrogen) atoms. The molecule has 0 aromatic heterocycles. The van der Waals surface area contributed by atoms with Gasteiger partial charge in [0.15, 0.2) is 7.38 Å². The molecule has 70 valence electrons. The SMILES string of the molecule is CC(=Cc1ccccc1)[Si](C)(C)Cl. The number of hydrogen-bond donors (Lipinski definition) is 0. The van der Waals surface area contributed by atoms with Crippen molar-refractivity contribution in [2.75, 3.05) is 0 Å². The van der Waals surface area contributed by atoms with Gasteiger partial charge in [0.05, 0.1) is 0 Å². The van der Waals surface area contributed by atoms with E-state index in [9.17, 15) is 0 Å². The average molecular weight is 211 g/mol. The zero-order valence-corrected chi connectivity index (χ0v) is 10.1. The fourth-order valence-corrected chi connectivity index (χ4v) is 1.64. The molecule has 0 nitrogen and oxygen atoms in total. The van der Waals surface area contributed by atoms with Crippen LogP contribution >= 0.6 is 11.1 Å². The predicted molar refractivity (Wildman–Crippen MR) is 63.4 cm³/mol. The maximum absolute atomic E-state index is 6.30. The quantitative estimate of drug-likeness (QED) is 0.510. The van der Waals surface area contributed by atoms with Crippen LogP contribution < -0.4 is 0 Å². The van der Waals surface area contributed by atoms with Gasteiger partial charge in [-0.3, -0.25) is 0 Å². The molecule has 1 rings (SSSR count). The fourth-order valence-electron chi connectivity index (χ4n) is 0.971. The van der Waals surface area contributed by atoms with Crippen molar-refractivity contribution < 1.29 is 0 Å². The third kappa shape index (κ3) is 3.37. The van der Waals surface area contributed by atoms with E-state index >= 15 is 0 Å². The van der Waals surface area contributed by atoms with E-state index in [1.54, 1.807) is 0 Å². The Bertz CT molecular complexity index is 296. The Labute approximate surface area is 86.0 Å². The number of rotatable bonds is 2. The lowest BCUT2D eigenvalue weighted by molar-refractivity contribution is 1.58. The molecule has 0 fully saturated rings. The van der Waals surface area contributed by atoms with Crippen molar-refractivity contribution in [2.24, 2.45) is 0 Å². The lowest BCUT2D eigenvalue weighted by atomic mass is 10.2. The lowest BCUT2D eigenvalue weighted by Crippen LogP contribution is -2.18. The summed E-state index contributed by atoms with van der Waals surface area (Å²) in [5.74, 6) is 0. The highest BCUT2D eigenvalue weighted by atomic mass is 35.6. The van der Waals surface area contributed by atoms with Crippen LogP contribution in [0.1, 0.15) is 12.5 Å². The Balaban J connectivity index is 2.90. The molecule has 0 N–H and O–H groups in total. The molecule has 0 aliphatic rings. The van der Waals surface area contributed by atoms with Crippen LogP contribution in [0.4, 0.5) is 0 Å². The molecule has 1 aromatic rings. The molecule has 0 saturated carbocycles. The maximum Gasteiger partial charge on any atom is 0.176 e. The van der Waals surface area contributed by atoms with Crippen LogP contribution in [0.15, 0.2) is 35.5 Å². The minimum Gasteiger partial charge on any atom is -0.162 e. The van der Waals surface area contributed by atoms with Gasteiger partial charge >= 0.3 is 0 Å². The van der Waals surface area contributed by atoms with E-state index in [2.05, 4.69) is 38.2 Å². The van der Waals surface area contributed by atoms with Crippen molar-refractivity contribution in [3.63, 3.8) is 0 Å². The Hall–Kier alpha value is -0.533. The first kappa shape index (κ1) is 10.5. The molecule has 0 saturated heterocycles. The van der Waals surface area contributed by atoms with Gasteiger partial charge in [-0.15, -0.1) is 0 Å². The van der Waals surface area contributed by atoms with E-state index < -0.39 is 7.38 Å². The highest BCUT2D eigenvalue weighted by molar-refractivity contribution is 7.23. The van der Waals surface area contributed by atoms with Crippen molar-refractivity contribution in [1.29, 1.82) is 0 Å². The first-order valence-corrected chi connectivity index (χ1v) is 8.44. The highest BCUT2D eigenvalue weighted by Gasteiger charge is 2.18. The minimum absolute atomic E-state index is 1.24. The smallest absolute Gasteiger partial charge is 0.162 e. The Morgan fingerprint density at radius 3 is 2.23 bits per heavy atom. The second-order valence-electron chi connectivity index (χ2n) is 3.71. The zero-order chi connectivity index (χ0) is 9.90. The number of allylic oxidation sites excluding steroid dienone is 1. The second-order valence-corrected chi connectivity index (χ2v) is 10.3. The van der Waals surface area contributed by atoms with Gasteiger partial charge in [0.2, 0.25) is 0 Å². The molecule has 0 aliphatic carbocycles. The van der Waals surface area contributed by atoms with E-state index in [-0.39, 0.29) is 0 Å². The molecule has 0 aliphatic heterocycles. The molecule has 0 heterocycles. The van der Waals surface area contributed by atoms with Crippen LogP contribution in [0.3, 0.4) is 0 Å². The molecular formula is C11H15ClSi. The summed E-state index contributed by atoms with van der Waals surface area (Å²) in [6.07, 6.45) is 2.18. The van der Waals surface area contributed by atoms with Gasteiger partial charge in [-0.1, -0.05) is 54.7 Å². The molecule has 0 amide bonds. The van der Waals surface area contributed by atoms with E-state index in [1.165, 1.54) is 10.8 Å². The van der Waals surface area contributed by atoms with Crippen LogP contribution in [-0.4, -0.2) is 7.38 Å². The summed E-state index contributed by atoms with van der Waals surface area (Å²) < 4.78 is 0. The highest BCUT2D eigenvalue weighted by Crippen LogP contribution is 2.20. The van der Waals surface area contributed by atoms with Gasteiger partial charge in [0, 0.05) is 0 Å². The van der Waals surface area contributed by atoms with Crippen LogP contribution in [0.5, 0.6) is 0 Å². The number of hydrogen-bond acceptors (Lipinski definition) is 0. The Morgan fingerprint density at radius 1 is 1.23 bits per heavy atom. The molecule has 0 unspecified atom stereocenters. The summed E-state index contributed by atoms with van der Waals surface area (Å²) in [6.45, 7) is 6.40. The monoisotopic (exact) mass is 210 g/mol. The topological polar surface area (TPSA) is 0 Å². The average Bonchev–Trinajstić information content (AvgIpc) is 2.04. The fraction of sp³-hybridized carbons (Fsp3) is 0.273. The van der Waals surface area contributed by atoms with Crippen LogP contribution in [0, 0.1) is 0 Å². The van der Waals surface area contributed by atoms with Crippen molar-refractivity contribution in [3.8, 4) is 0 Å². The lowest BCUT2D eigenvalue weighted by Gasteiger charge is -2.13. The normalized spacial score (nSPS) is 13.1. The zero-order valence-electron chi connectivity index (χ0n) is 8.34. The molecule has 0 spiro atoms. The Morgan fingerprint density at radius 2 is 1.77 bits per heavy atom. The largest absolute Gasteiger partial charge is 0.176 e. The molecule has 0 bridgehead atoms. The first-order valence-electron chi connectivity index (χ1n) is 4.43. The number of benzene rings is 1. The second kappa shape index (κ2) is 4.12. The first-order chi connectivity index (χ1) is 6.00. The predicted octanol–water partition coefficient (Wildman–Crippen LogP) is 4.07. The van der Waals surface area contributed by atoms with Gasteiger partial charge in [0.1, 0.15) is 0 Å². The summed E-state index contributed by atoms with van der Waals surface area (Å²) in [4.78, 5) is 0.